The van der Waals surface area contributed by atoms with Crippen LogP contribution in [0.25, 0.3) is 0 Å². The van der Waals surface area contributed by atoms with Crippen LogP contribution in [0, 0.1) is 0 Å². The Hall–Kier alpha value is -3.50. The molecular formula is C27H25BO8. The second-order valence-corrected chi connectivity index (χ2v) is 8.43. The zero-order chi connectivity index (χ0) is 24.9. The van der Waals surface area contributed by atoms with Gasteiger partial charge in [0.1, 0.15) is 12.2 Å². The van der Waals surface area contributed by atoms with Crippen molar-refractivity contribution >= 4 is 24.5 Å². The molecule has 8 nitrogen and oxygen atoms in total. The summed E-state index contributed by atoms with van der Waals surface area (Å²) in [6.07, 6.45) is -4.52. The number of carbonyl (C=O) groups is 2. The van der Waals surface area contributed by atoms with E-state index in [2.05, 4.69) is 0 Å². The number of fused-ring (bicyclic) bond motifs is 1. The molecule has 0 aliphatic carbocycles. The van der Waals surface area contributed by atoms with Crippen LogP contribution in [-0.2, 0) is 28.3 Å². The molecular weight excluding hydrogens is 463 g/mol. The van der Waals surface area contributed by atoms with E-state index in [4.69, 9.17) is 28.3 Å². The van der Waals surface area contributed by atoms with Gasteiger partial charge in [0, 0.05) is 7.11 Å². The molecule has 9 heteroatoms. The van der Waals surface area contributed by atoms with Crippen LogP contribution in [0.5, 0.6) is 0 Å². The maximum absolute atomic E-state index is 13.1. The van der Waals surface area contributed by atoms with Gasteiger partial charge in [-0.05, 0) is 29.7 Å². The van der Waals surface area contributed by atoms with Gasteiger partial charge in [-0.2, -0.15) is 0 Å². The van der Waals surface area contributed by atoms with Gasteiger partial charge >= 0.3 is 19.1 Å². The Balaban J connectivity index is 1.46. The van der Waals surface area contributed by atoms with Gasteiger partial charge in [0.15, 0.2) is 18.5 Å². The van der Waals surface area contributed by atoms with Crippen molar-refractivity contribution in [2.45, 2.75) is 30.7 Å². The first-order chi connectivity index (χ1) is 17.6. The van der Waals surface area contributed by atoms with Crippen LogP contribution in [0.15, 0.2) is 91.0 Å². The largest absolute Gasteiger partial charge is 0.494 e. The highest BCUT2D eigenvalue weighted by Crippen LogP contribution is 2.32. The van der Waals surface area contributed by atoms with Gasteiger partial charge in [0.2, 0.25) is 0 Å². The molecule has 0 N–H and O–H groups in total. The van der Waals surface area contributed by atoms with Crippen LogP contribution in [0.2, 0.25) is 0 Å². The molecule has 36 heavy (non-hydrogen) atoms. The zero-order valence-electron chi connectivity index (χ0n) is 19.6. The van der Waals surface area contributed by atoms with Crippen molar-refractivity contribution in [1.82, 2.24) is 0 Å². The van der Waals surface area contributed by atoms with Crippen LogP contribution >= 0.6 is 0 Å². The van der Waals surface area contributed by atoms with E-state index in [9.17, 15) is 9.59 Å². The van der Waals surface area contributed by atoms with Gasteiger partial charge in [0.05, 0.1) is 17.7 Å². The number of methoxy groups -OCH3 is 1. The number of rotatable bonds is 6. The number of ether oxygens (including phenoxy) is 4. The molecule has 2 aliphatic heterocycles. The summed E-state index contributed by atoms with van der Waals surface area (Å²) in [5.74, 6) is -1.18. The predicted molar refractivity (Wildman–Crippen MR) is 130 cm³/mol. The molecule has 0 aromatic heterocycles. The van der Waals surface area contributed by atoms with E-state index in [0.29, 0.717) is 11.1 Å². The Morgan fingerprint density at radius 1 is 0.778 bits per heavy atom. The standard InChI is InChI=1S/C27H25BO8/c1-31-27-24(35-26(30)19-13-7-3-8-14-19)23(34-25(29)18-11-5-2-6-12-18)22-21(33-27)17-32-28(36-22)20-15-9-4-10-16-20/h2-16,21-24,27H,17H2,1H3/t21-,22-,23+,24-,27+/m1/s1. The minimum absolute atomic E-state index is 0.169. The summed E-state index contributed by atoms with van der Waals surface area (Å²) in [7, 11) is 0.723. The van der Waals surface area contributed by atoms with Crippen LogP contribution in [0.1, 0.15) is 20.7 Å². The molecule has 0 radical (unpaired) electrons. The number of hydrogen-bond acceptors (Lipinski definition) is 8. The van der Waals surface area contributed by atoms with E-state index < -0.39 is 49.8 Å². The summed E-state index contributed by atoms with van der Waals surface area (Å²) in [6.45, 7) is 0.169. The lowest BCUT2D eigenvalue weighted by molar-refractivity contribution is -0.297. The van der Waals surface area contributed by atoms with E-state index >= 15 is 0 Å². The smallest absolute Gasteiger partial charge is 0.452 e. The Bertz CT molecular complexity index is 1160. The fourth-order valence-corrected chi connectivity index (χ4v) is 4.31. The average molecular weight is 488 g/mol. The maximum atomic E-state index is 13.1. The lowest BCUT2D eigenvalue weighted by atomic mass is 9.76. The number of esters is 2. The molecule has 3 aromatic rings. The highest BCUT2D eigenvalue weighted by molar-refractivity contribution is 6.61. The molecule has 3 aromatic carbocycles. The van der Waals surface area contributed by atoms with Crippen molar-refractivity contribution in [2.24, 2.45) is 0 Å². The third kappa shape index (κ3) is 5.19. The number of hydrogen-bond donors (Lipinski definition) is 0. The second kappa shape index (κ2) is 11.1. The number of carbonyl (C=O) groups excluding carboxylic acids is 2. The van der Waals surface area contributed by atoms with Crippen molar-refractivity contribution < 1.29 is 37.8 Å². The Morgan fingerprint density at radius 3 is 1.86 bits per heavy atom. The van der Waals surface area contributed by atoms with Crippen molar-refractivity contribution in [1.29, 1.82) is 0 Å². The van der Waals surface area contributed by atoms with Crippen LogP contribution in [0.3, 0.4) is 0 Å². The van der Waals surface area contributed by atoms with Gasteiger partial charge in [-0.1, -0.05) is 66.7 Å². The average Bonchev–Trinajstić information content (AvgIpc) is 2.95. The second-order valence-electron chi connectivity index (χ2n) is 8.43. The molecule has 2 fully saturated rings. The molecule has 0 unspecified atom stereocenters. The predicted octanol–water partition coefficient (Wildman–Crippen LogP) is 2.62. The quantitative estimate of drug-likeness (QED) is 0.387. The monoisotopic (exact) mass is 488 g/mol. The first-order valence-corrected chi connectivity index (χ1v) is 11.7. The van der Waals surface area contributed by atoms with Crippen molar-refractivity contribution in [3.8, 4) is 0 Å². The third-order valence-corrected chi connectivity index (χ3v) is 6.09. The van der Waals surface area contributed by atoms with Crippen LogP contribution in [0.4, 0.5) is 0 Å². The Labute approximate surface area is 209 Å². The summed E-state index contributed by atoms with van der Waals surface area (Å²) < 4.78 is 35.5. The third-order valence-electron chi connectivity index (χ3n) is 6.09. The maximum Gasteiger partial charge on any atom is 0.494 e. The van der Waals surface area contributed by atoms with E-state index in [-0.39, 0.29) is 6.61 Å². The molecule has 0 bridgehead atoms. The first-order valence-electron chi connectivity index (χ1n) is 11.7. The Morgan fingerprint density at radius 2 is 1.31 bits per heavy atom. The molecule has 2 aliphatic rings. The summed E-state index contributed by atoms with van der Waals surface area (Å²) in [4.78, 5) is 26.1. The van der Waals surface area contributed by atoms with Crippen LogP contribution < -0.4 is 5.46 Å². The lowest BCUT2D eigenvalue weighted by Gasteiger charge is -2.47. The molecule has 2 saturated heterocycles. The molecule has 184 valence electrons. The summed E-state index contributed by atoms with van der Waals surface area (Å²) in [5, 5.41) is 0. The molecule has 0 saturated carbocycles. The normalized spacial score (nSPS) is 25.5. The van der Waals surface area contributed by atoms with Gasteiger partial charge in [0.25, 0.3) is 0 Å². The van der Waals surface area contributed by atoms with Crippen molar-refractivity contribution in [3.63, 3.8) is 0 Å². The topological polar surface area (TPSA) is 89.5 Å². The first kappa shape index (κ1) is 24.2. The van der Waals surface area contributed by atoms with Gasteiger partial charge < -0.3 is 28.3 Å². The molecule has 0 spiro atoms. The summed E-state index contributed by atoms with van der Waals surface area (Å²) in [6, 6.07) is 26.5. The summed E-state index contributed by atoms with van der Waals surface area (Å²) >= 11 is 0. The molecule has 5 atom stereocenters. The summed E-state index contributed by atoms with van der Waals surface area (Å²) in [5.41, 5.74) is 1.50. The Kier molecular flexibility index (Phi) is 7.43. The van der Waals surface area contributed by atoms with Crippen LogP contribution in [-0.4, -0.2) is 63.5 Å². The molecule has 2 heterocycles. The van der Waals surface area contributed by atoms with Crippen molar-refractivity contribution in [2.75, 3.05) is 13.7 Å². The van der Waals surface area contributed by atoms with E-state index in [0.717, 1.165) is 5.46 Å². The van der Waals surface area contributed by atoms with E-state index in [1.807, 2.05) is 30.3 Å². The van der Waals surface area contributed by atoms with E-state index in [1.165, 1.54) is 7.11 Å². The fourth-order valence-electron chi connectivity index (χ4n) is 4.31. The van der Waals surface area contributed by atoms with E-state index in [1.54, 1.807) is 60.7 Å². The van der Waals surface area contributed by atoms with Gasteiger partial charge in [-0.25, -0.2) is 9.59 Å². The lowest BCUT2D eigenvalue weighted by Crippen LogP contribution is -2.67. The van der Waals surface area contributed by atoms with Gasteiger partial charge in [-0.3, -0.25) is 0 Å². The fraction of sp³-hybridized carbons (Fsp3) is 0.259. The SMILES string of the molecule is CO[C@H]1O[C@@H]2COB(c3ccccc3)O[C@H]2[C@H](OC(=O)c2ccccc2)[C@H]1OC(=O)c1ccccc1. The minimum Gasteiger partial charge on any atom is -0.452 e. The van der Waals surface area contributed by atoms with Crippen molar-refractivity contribution in [3.05, 3.63) is 102 Å². The molecule has 0 amide bonds. The zero-order valence-corrected chi connectivity index (χ0v) is 19.6. The van der Waals surface area contributed by atoms with Gasteiger partial charge in [-0.15, -0.1) is 0 Å². The highest BCUT2D eigenvalue weighted by atomic mass is 16.7. The number of benzene rings is 3. The highest BCUT2D eigenvalue weighted by Gasteiger charge is 2.54. The molecule has 5 rings (SSSR count). The minimum atomic E-state index is -1.09.